The van der Waals surface area contributed by atoms with E-state index in [4.69, 9.17) is 5.73 Å². The van der Waals surface area contributed by atoms with E-state index in [9.17, 15) is 9.90 Å². The quantitative estimate of drug-likeness (QED) is 0.661. The summed E-state index contributed by atoms with van der Waals surface area (Å²) in [4.78, 5) is 11.9. The van der Waals surface area contributed by atoms with Gasteiger partial charge in [-0.3, -0.25) is 4.79 Å². The molecule has 1 aromatic carbocycles. The van der Waals surface area contributed by atoms with Gasteiger partial charge in [0.25, 0.3) is 0 Å². The SMILES string of the molecule is Cc1cc(O)ccc1NC(=O)C1(N)CCC1. The zero-order chi connectivity index (χ0) is 11.8. The lowest BCUT2D eigenvalue weighted by molar-refractivity contribution is -0.123. The highest BCUT2D eigenvalue weighted by Gasteiger charge is 2.40. The lowest BCUT2D eigenvalue weighted by atomic mass is 9.77. The number of aromatic hydroxyl groups is 1. The molecule has 0 radical (unpaired) electrons. The molecular formula is C12H16N2O2. The molecule has 0 aliphatic heterocycles. The van der Waals surface area contributed by atoms with E-state index in [-0.39, 0.29) is 11.7 Å². The number of carbonyl (C=O) groups is 1. The molecule has 1 aliphatic carbocycles. The van der Waals surface area contributed by atoms with E-state index in [2.05, 4.69) is 5.32 Å². The number of phenols is 1. The van der Waals surface area contributed by atoms with E-state index in [0.717, 1.165) is 24.8 Å². The van der Waals surface area contributed by atoms with Crippen LogP contribution >= 0.6 is 0 Å². The molecule has 0 saturated heterocycles. The first-order chi connectivity index (χ1) is 7.51. The van der Waals surface area contributed by atoms with Crippen molar-refractivity contribution in [1.82, 2.24) is 0 Å². The number of nitrogens with one attached hydrogen (secondary N) is 1. The maximum absolute atomic E-state index is 11.9. The number of aryl methyl sites for hydroxylation is 1. The van der Waals surface area contributed by atoms with E-state index in [1.165, 1.54) is 0 Å². The predicted octanol–water partition coefficient (Wildman–Crippen LogP) is 1.52. The van der Waals surface area contributed by atoms with Crippen molar-refractivity contribution in [3.63, 3.8) is 0 Å². The maximum atomic E-state index is 11.9. The van der Waals surface area contributed by atoms with Crippen LogP contribution in [0.5, 0.6) is 5.75 Å². The summed E-state index contributed by atoms with van der Waals surface area (Å²) in [5.74, 6) is 0.0640. The van der Waals surface area contributed by atoms with Crippen molar-refractivity contribution in [2.45, 2.75) is 31.7 Å². The highest BCUT2D eigenvalue weighted by molar-refractivity contribution is 5.99. The molecule has 1 aliphatic rings. The molecule has 0 aromatic heterocycles. The summed E-state index contributed by atoms with van der Waals surface area (Å²) in [6, 6.07) is 4.84. The molecule has 1 amide bonds. The van der Waals surface area contributed by atoms with Crippen LogP contribution in [0.2, 0.25) is 0 Å². The minimum absolute atomic E-state index is 0.132. The van der Waals surface area contributed by atoms with Gasteiger partial charge in [-0.1, -0.05) is 0 Å². The lowest BCUT2D eigenvalue weighted by Crippen LogP contribution is -2.56. The van der Waals surface area contributed by atoms with Crippen LogP contribution in [-0.2, 0) is 4.79 Å². The van der Waals surface area contributed by atoms with Gasteiger partial charge in [-0.25, -0.2) is 0 Å². The maximum Gasteiger partial charge on any atom is 0.244 e. The number of nitrogens with two attached hydrogens (primary N) is 1. The van der Waals surface area contributed by atoms with Gasteiger partial charge in [0.15, 0.2) is 0 Å². The summed E-state index contributed by atoms with van der Waals surface area (Å²) in [5.41, 5.74) is 6.76. The first kappa shape index (κ1) is 11.0. The summed E-state index contributed by atoms with van der Waals surface area (Å²) < 4.78 is 0. The van der Waals surface area contributed by atoms with Gasteiger partial charge < -0.3 is 16.2 Å². The zero-order valence-electron chi connectivity index (χ0n) is 9.29. The van der Waals surface area contributed by atoms with Gasteiger partial charge in [0.2, 0.25) is 5.91 Å². The van der Waals surface area contributed by atoms with Crippen LogP contribution in [0, 0.1) is 6.92 Å². The predicted molar refractivity (Wildman–Crippen MR) is 62.2 cm³/mol. The minimum Gasteiger partial charge on any atom is -0.508 e. The molecule has 86 valence electrons. The van der Waals surface area contributed by atoms with Crippen LogP contribution in [-0.4, -0.2) is 16.6 Å². The fourth-order valence-electron chi connectivity index (χ4n) is 1.82. The molecule has 4 N–H and O–H groups in total. The van der Waals surface area contributed by atoms with Crippen molar-refractivity contribution in [2.75, 3.05) is 5.32 Å². The molecule has 0 heterocycles. The second kappa shape index (κ2) is 3.79. The molecule has 4 heteroatoms. The summed E-state index contributed by atoms with van der Waals surface area (Å²) in [6.45, 7) is 1.83. The number of carbonyl (C=O) groups excluding carboxylic acids is 1. The normalized spacial score (nSPS) is 17.6. The Hall–Kier alpha value is -1.55. The topological polar surface area (TPSA) is 75.3 Å². The molecule has 1 fully saturated rings. The third-order valence-electron chi connectivity index (χ3n) is 3.16. The Morgan fingerprint density at radius 1 is 1.50 bits per heavy atom. The minimum atomic E-state index is -0.690. The van der Waals surface area contributed by atoms with E-state index >= 15 is 0 Å². The van der Waals surface area contributed by atoms with Gasteiger partial charge in [-0.15, -0.1) is 0 Å². The highest BCUT2D eigenvalue weighted by Crippen LogP contribution is 2.31. The molecule has 1 aromatic rings. The van der Waals surface area contributed by atoms with E-state index in [0.29, 0.717) is 5.69 Å². The van der Waals surface area contributed by atoms with Gasteiger partial charge in [0.05, 0.1) is 5.54 Å². The van der Waals surface area contributed by atoms with Crippen LogP contribution in [0.15, 0.2) is 18.2 Å². The van der Waals surface area contributed by atoms with Crippen LogP contribution in [0.3, 0.4) is 0 Å². The van der Waals surface area contributed by atoms with Gasteiger partial charge >= 0.3 is 0 Å². The number of anilines is 1. The molecule has 4 nitrogen and oxygen atoms in total. The van der Waals surface area contributed by atoms with Gasteiger partial charge in [-0.2, -0.15) is 0 Å². The molecule has 2 rings (SSSR count). The number of benzene rings is 1. The van der Waals surface area contributed by atoms with Crippen molar-refractivity contribution < 1.29 is 9.90 Å². The van der Waals surface area contributed by atoms with Gasteiger partial charge in [0.1, 0.15) is 5.75 Å². The summed E-state index contributed by atoms with van der Waals surface area (Å²) in [6.07, 6.45) is 2.50. The zero-order valence-corrected chi connectivity index (χ0v) is 9.29. The number of hydrogen-bond acceptors (Lipinski definition) is 3. The van der Waals surface area contributed by atoms with Crippen molar-refractivity contribution >= 4 is 11.6 Å². The number of hydrogen-bond donors (Lipinski definition) is 3. The molecule has 0 atom stereocenters. The van der Waals surface area contributed by atoms with Gasteiger partial charge in [0, 0.05) is 5.69 Å². The van der Waals surface area contributed by atoms with Gasteiger partial charge in [-0.05, 0) is 49.9 Å². The Morgan fingerprint density at radius 3 is 2.69 bits per heavy atom. The number of amides is 1. The van der Waals surface area contributed by atoms with Crippen LogP contribution in [0.4, 0.5) is 5.69 Å². The van der Waals surface area contributed by atoms with Crippen molar-refractivity contribution in [3.8, 4) is 5.75 Å². The standard InChI is InChI=1S/C12H16N2O2/c1-8-7-9(15)3-4-10(8)14-11(16)12(13)5-2-6-12/h3-4,7,15H,2,5-6,13H2,1H3,(H,14,16). The molecule has 0 bridgehead atoms. The van der Waals surface area contributed by atoms with Crippen molar-refractivity contribution in [1.29, 1.82) is 0 Å². The Labute approximate surface area is 94.5 Å². The Morgan fingerprint density at radius 2 is 2.19 bits per heavy atom. The third-order valence-corrected chi connectivity index (χ3v) is 3.16. The Bertz CT molecular complexity index is 425. The second-order valence-corrected chi connectivity index (χ2v) is 4.46. The molecule has 1 saturated carbocycles. The van der Waals surface area contributed by atoms with Crippen LogP contribution in [0.1, 0.15) is 24.8 Å². The van der Waals surface area contributed by atoms with E-state index in [1.54, 1.807) is 18.2 Å². The fraction of sp³-hybridized carbons (Fsp3) is 0.417. The lowest BCUT2D eigenvalue weighted by Gasteiger charge is -2.36. The summed E-state index contributed by atoms with van der Waals surface area (Å²) >= 11 is 0. The molecule has 16 heavy (non-hydrogen) atoms. The monoisotopic (exact) mass is 220 g/mol. The molecular weight excluding hydrogens is 204 g/mol. The Kier molecular flexibility index (Phi) is 2.59. The smallest absolute Gasteiger partial charge is 0.244 e. The average Bonchev–Trinajstić information content (AvgIpc) is 2.18. The summed E-state index contributed by atoms with van der Waals surface area (Å²) in [7, 11) is 0. The Balaban J connectivity index is 2.12. The van der Waals surface area contributed by atoms with Crippen molar-refractivity contribution in [2.24, 2.45) is 5.73 Å². The van der Waals surface area contributed by atoms with Crippen LogP contribution < -0.4 is 11.1 Å². The highest BCUT2D eigenvalue weighted by atomic mass is 16.3. The third kappa shape index (κ3) is 1.88. The molecule has 0 unspecified atom stereocenters. The fourth-order valence-corrected chi connectivity index (χ4v) is 1.82. The van der Waals surface area contributed by atoms with E-state index < -0.39 is 5.54 Å². The van der Waals surface area contributed by atoms with Crippen LogP contribution in [0.25, 0.3) is 0 Å². The average molecular weight is 220 g/mol. The first-order valence-electron chi connectivity index (χ1n) is 5.41. The first-order valence-corrected chi connectivity index (χ1v) is 5.41. The largest absolute Gasteiger partial charge is 0.508 e. The number of phenolic OH excluding ortho intramolecular Hbond substituents is 1. The number of rotatable bonds is 2. The van der Waals surface area contributed by atoms with Crippen molar-refractivity contribution in [3.05, 3.63) is 23.8 Å². The molecule has 0 spiro atoms. The van der Waals surface area contributed by atoms with E-state index in [1.807, 2.05) is 6.92 Å². The summed E-state index contributed by atoms with van der Waals surface area (Å²) in [5, 5.41) is 12.1. The second-order valence-electron chi connectivity index (χ2n) is 4.46.